The highest BCUT2D eigenvalue weighted by Gasteiger charge is 2.13. The van der Waals surface area contributed by atoms with E-state index < -0.39 is 0 Å². The van der Waals surface area contributed by atoms with E-state index in [9.17, 15) is 0 Å². The van der Waals surface area contributed by atoms with Crippen LogP contribution in [0.1, 0.15) is 32.9 Å². The predicted octanol–water partition coefficient (Wildman–Crippen LogP) is 2.27. The first-order valence-electron chi connectivity index (χ1n) is 5.60. The van der Waals surface area contributed by atoms with Gasteiger partial charge in [0.2, 0.25) is 0 Å². The number of anilines is 1. The average molecular weight is 227 g/mol. The van der Waals surface area contributed by atoms with Crippen molar-refractivity contribution in [3.05, 3.63) is 11.1 Å². The van der Waals surface area contributed by atoms with Gasteiger partial charge >= 0.3 is 0 Å². The number of aryl methyl sites for hydroxylation is 1. The van der Waals surface area contributed by atoms with Crippen LogP contribution in [0.2, 0.25) is 0 Å². The molecule has 0 radical (unpaired) electrons. The summed E-state index contributed by atoms with van der Waals surface area (Å²) in [4.78, 5) is 6.94. The molecule has 0 aromatic carbocycles. The van der Waals surface area contributed by atoms with E-state index in [4.69, 9.17) is 5.73 Å². The summed E-state index contributed by atoms with van der Waals surface area (Å²) in [6.45, 7) is 8.28. The van der Waals surface area contributed by atoms with Crippen molar-refractivity contribution >= 4 is 16.5 Å². The van der Waals surface area contributed by atoms with Gasteiger partial charge in [-0.3, -0.25) is 0 Å². The number of nitrogens with two attached hydrogens (primary N) is 1. The third-order valence-corrected chi connectivity index (χ3v) is 3.30. The number of aromatic nitrogens is 1. The summed E-state index contributed by atoms with van der Waals surface area (Å²) in [6.07, 6.45) is 2.04. The van der Waals surface area contributed by atoms with Gasteiger partial charge in [-0.25, -0.2) is 4.98 Å². The minimum atomic E-state index is 0.493. The minimum Gasteiger partial charge on any atom is -0.346 e. The lowest BCUT2D eigenvalue weighted by atomic mass is 10.3. The first-order valence-corrected chi connectivity index (χ1v) is 6.48. The Morgan fingerprint density at radius 3 is 2.73 bits per heavy atom. The summed E-state index contributed by atoms with van der Waals surface area (Å²) in [5, 5.41) is 3.28. The highest BCUT2D eigenvalue weighted by molar-refractivity contribution is 7.13. The Balaban J connectivity index is 2.70. The Kier molecular flexibility index (Phi) is 5.05. The molecule has 0 atom stereocenters. The molecule has 0 bridgehead atoms. The molecule has 1 heterocycles. The lowest BCUT2D eigenvalue weighted by Gasteiger charge is -2.25. The van der Waals surface area contributed by atoms with E-state index in [-0.39, 0.29) is 0 Å². The zero-order chi connectivity index (χ0) is 11.3. The van der Waals surface area contributed by atoms with Gasteiger partial charge in [-0.05, 0) is 33.2 Å². The molecule has 4 heteroatoms. The Morgan fingerprint density at radius 2 is 2.27 bits per heavy atom. The smallest absolute Gasteiger partial charge is 0.185 e. The normalized spacial score (nSPS) is 11.0. The third-order valence-electron chi connectivity index (χ3n) is 2.37. The Bertz CT molecular complexity index is 283. The Labute approximate surface area is 96.3 Å². The second-order valence-electron chi connectivity index (χ2n) is 3.90. The minimum absolute atomic E-state index is 0.493. The van der Waals surface area contributed by atoms with Crippen LogP contribution in [0.3, 0.4) is 0 Å². The van der Waals surface area contributed by atoms with Crippen molar-refractivity contribution in [3.63, 3.8) is 0 Å². The second kappa shape index (κ2) is 6.08. The van der Waals surface area contributed by atoms with Crippen LogP contribution in [0, 0.1) is 0 Å². The van der Waals surface area contributed by atoms with Gasteiger partial charge in [-0.1, -0.05) is 6.92 Å². The van der Waals surface area contributed by atoms with E-state index in [1.807, 2.05) is 0 Å². The van der Waals surface area contributed by atoms with E-state index in [1.54, 1.807) is 11.3 Å². The van der Waals surface area contributed by atoms with E-state index in [1.165, 1.54) is 5.69 Å². The number of nitrogens with zero attached hydrogens (tertiary/aromatic N) is 2. The molecule has 86 valence electrons. The van der Waals surface area contributed by atoms with Crippen molar-refractivity contribution in [1.82, 2.24) is 4.98 Å². The lowest BCUT2D eigenvalue weighted by Crippen LogP contribution is -2.32. The fourth-order valence-electron chi connectivity index (χ4n) is 1.43. The highest BCUT2D eigenvalue weighted by Crippen LogP contribution is 2.22. The molecule has 1 aromatic heterocycles. The van der Waals surface area contributed by atoms with Crippen molar-refractivity contribution < 1.29 is 0 Å². The molecule has 0 unspecified atom stereocenters. The van der Waals surface area contributed by atoms with Crippen molar-refractivity contribution in [1.29, 1.82) is 0 Å². The topological polar surface area (TPSA) is 42.1 Å². The first-order chi connectivity index (χ1) is 7.19. The SMILES string of the molecule is CCc1csc(N(CCCN)C(C)C)n1. The summed E-state index contributed by atoms with van der Waals surface area (Å²) < 4.78 is 0. The van der Waals surface area contributed by atoms with Crippen LogP contribution < -0.4 is 10.6 Å². The van der Waals surface area contributed by atoms with Crippen molar-refractivity contribution in [3.8, 4) is 0 Å². The molecule has 0 saturated heterocycles. The van der Waals surface area contributed by atoms with Gasteiger partial charge in [0, 0.05) is 18.0 Å². The average Bonchev–Trinajstić information content (AvgIpc) is 2.66. The molecule has 1 aromatic rings. The van der Waals surface area contributed by atoms with Gasteiger partial charge in [-0.2, -0.15) is 0 Å². The van der Waals surface area contributed by atoms with Gasteiger partial charge in [0.1, 0.15) is 0 Å². The quantitative estimate of drug-likeness (QED) is 0.810. The molecule has 0 saturated carbocycles. The largest absolute Gasteiger partial charge is 0.346 e. The summed E-state index contributed by atoms with van der Waals surface area (Å²) in [5.74, 6) is 0. The van der Waals surface area contributed by atoms with Crippen LogP contribution >= 0.6 is 11.3 Å². The van der Waals surface area contributed by atoms with Crippen LogP contribution in [0.25, 0.3) is 0 Å². The predicted molar refractivity (Wildman–Crippen MR) is 67.6 cm³/mol. The van der Waals surface area contributed by atoms with Gasteiger partial charge in [-0.15, -0.1) is 11.3 Å². The zero-order valence-electron chi connectivity index (χ0n) is 9.86. The van der Waals surface area contributed by atoms with Gasteiger partial charge < -0.3 is 10.6 Å². The van der Waals surface area contributed by atoms with Crippen molar-refractivity contribution in [2.45, 2.75) is 39.7 Å². The molecule has 3 nitrogen and oxygen atoms in total. The molecule has 15 heavy (non-hydrogen) atoms. The standard InChI is InChI=1S/C11H21N3S/c1-4-10-8-15-11(13-10)14(9(2)3)7-5-6-12/h8-9H,4-7,12H2,1-3H3. The molecule has 0 amide bonds. The van der Waals surface area contributed by atoms with Crippen molar-refractivity contribution in [2.24, 2.45) is 5.73 Å². The van der Waals surface area contributed by atoms with Crippen LogP contribution in [-0.4, -0.2) is 24.1 Å². The maximum atomic E-state index is 5.54. The molecule has 0 spiro atoms. The highest BCUT2D eigenvalue weighted by atomic mass is 32.1. The Morgan fingerprint density at radius 1 is 1.53 bits per heavy atom. The summed E-state index contributed by atoms with van der Waals surface area (Å²) in [7, 11) is 0. The zero-order valence-corrected chi connectivity index (χ0v) is 10.7. The summed E-state index contributed by atoms with van der Waals surface area (Å²) >= 11 is 1.73. The van der Waals surface area contributed by atoms with Crippen LogP contribution in [-0.2, 0) is 6.42 Å². The van der Waals surface area contributed by atoms with Gasteiger partial charge in [0.15, 0.2) is 5.13 Å². The first kappa shape index (κ1) is 12.5. The van der Waals surface area contributed by atoms with Crippen molar-refractivity contribution in [2.75, 3.05) is 18.0 Å². The monoisotopic (exact) mass is 227 g/mol. The number of hydrogen-bond donors (Lipinski definition) is 1. The lowest BCUT2D eigenvalue weighted by molar-refractivity contribution is 0.654. The molecular weight excluding hydrogens is 206 g/mol. The maximum absolute atomic E-state index is 5.54. The van der Waals surface area contributed by atoms with E-state index in [2.05, 4.69) is 36.0 Å². The van der Waals surface area contributed by atoms with E-state index in [0.717, 1.165) is 31.1 Å². The maximum Gasteiger partial charge on any atom is 0.185 e. The third kappa shape index (κ3) is 3.47. The molecule has 0 aliphatic rings. The fourth-order valence-corrected chi connectivity index (χ4v) is 2.50. The molecule has 0 fully saturated rings. The molecule has 1 rings (SSSR count). The molecular formula is C11H21N3S. The second-order valence-corrected chi connectivity index (χ2v) is 4.74. The van der Waals surface area contributed by atoms with Gasteiger partial charge in [0.25, 0.3) is 0 Å². The number of thiazole rings is 1. The summed E-state index contributed by atoms with van der Waals surface area (Å²) in [6, 6.07) is 0.493. The number of hydrogen-bond acceptors (Lipinski definition) is 4. The molecule has 2 N–H and O–H groups in total. The summed E-state index contributed by atoms with van der Waals surface area (Å²) in [5.41, 5.74) is 6.73. The number of rotatable bonds is 6. The fraction of sp³-hybridized carbons (Fsp3) is 0.727. The van der Waals surface area contributed by atoms with Crippen LogP contribution in [0.15, 0.2) is 5.38 Å². The van der Waals surface area contributed by atoms with E-state index in [0.29, 0.717) is 6.04 Å². The Hall–Kier alpha value is -0.610. The van der Waals surface area contributed by atoms with Gasteiger partial charge in [0.05, 0.1) is 5.69 Å². The molecule has 0 aliphatic carbocycles. The van der Waals surface area contributed by atoms with E-state index >= 15 is 0 Å². The molecule has 0 aliphatic heterocycles. The van der Waals surface area contributed by atoms with Crippen LogP contribution in [0.5, 0.6) is 0 Å². The van der Waals surface area contributed by atoms with Crippen LogP contribution in [0.4, 0.5) is 5.13 Å².